The van der Waals surface area contributed by atoms with Gasteiger partial charge in [0.15, 0.2) is 0 Å². The number of methoxy groups -OCH3 is 1. The molecule has 2 rings (SSSR count). The molecule has 0 aliphatic rings. The number of rotatable bonds is 3. The zero-order valence-corrected chi connectivity index (χ0v) is 12.5. The summed E-state index contributed by atoms with van der Waals surface area (Å²) in [5.74, 6) is 0.0631. The van der Waals surface area contributed by atoms with Crippen molar-refractivity contribution in [2.45, 2.75) is 6.04 Å². The van der Waals surface area contributed by atoms with Crippen molar-refractivity contribution in [2.24, 2.45) is 5.73 Å². The molecule has 0 radical (unpaired) electrons. The first-order chi connectivity index (χ1) is 9.02. The van der Waals surface area contributed by atoms with Gasteiger partial charge in [-0.1, -0.05) is 23.7 Å². The molecule has 2 N–H and O–H groups in total. The van der Waals surface area contributed by atoms with Crippen LogP contribution in [0.25, 0.3) is 0 Å². The summed E-state index contributed by atoms with van der Waals surface area (Å²) in [6.45, 7) is 0. The predicted octanol–water partition coefficient (Wildman–Crippen LogP) is 4.30. The van der Waals surface area contributed by atoms with Crippen LogP contribution < -0.4 is 10.5 Å². The van der Waals surface area contributed by atoms with Gasteiger partial charge in [-0.2, -0.15) is 0 Å². The number of halogens is 3. The van der Waals surface area contributed by atoms with Crippen LogP contribution in [0.4, 0.5) is 4.39 Å². The highest BCUT2D eigenvalue weighted by atomic mass is 79.9. The van der Waals surface area contributed by atoms with E-state index in [1.807, 2.05) is 6.07 Å². The fourth-order valence-corrected chi connectivity index (χ4v) is 2.21. The second-order valence-electron chi connectivity index (χ2n) is 4.04. The molecule has 0 aromatic heterocycles. The van der Waals surface area contributed by atoms with Gasteiger partial charge in [-0.15, -0.1) is 0 Å². The lowest BCUT2D eigenvalue weighted by molar-refractivity contribution is 0.410. The zero-order valence-electron chi connectivity index (χ0n) is 10.2. The molecular weight excluding hydrogens is 333 g/mol. The fourth-order valence-electron chi connectivity index (χ4n) is 1.77. The molecule has 0 heterocycles. The monoisotopic (exact) mass is 343 g/mol. The molecule has 19 heavy (non-hydrogen) atoms. The molecule has 2 aromatic rings. The van der Waals surface area contributed by atoms with Crippen LogP contribution in [0.3, 0.4) is 0 Å². The molecule has 0 aliphatic heterocycles. The van der Waals surface area contributed by atoms with E-state index in [0.717, 1.165) is 10.0 Å². The van der Waals surface area contributed by atoms with Crippen LogP contribution in [-0.2, 0) is 0 Å². The van der Waals surface area contributed by atoms with Gasteiger partial charge < -0.3 is 10.5 Å². The highest BCUT2D eigenvalue weighted by molar-refractivity contribution is 9.10. The van der Waals surface area contributed by atoms with Gasteiger partial charge in [-0.05, 0) is 39.7 Å². The van der Waals surface area contributed by atoms with Crippen molar-refractivity contribution >= 4 is 27.5 Å². The molecule has 0 amide bonds. The summed E-state index contributed by atoms with van der Waals surface area (Å²) in [7, 11) is 1.49. The number of hydrogen-bond acceptors (Lipinski definition) is 2. The van der Waals surface area contributed by atoms with Gasteiger partial charge in [0.05, 0.1) is 18.2 Å². The van der Waals surface area contributed by atoms with Gasteiger partial charge >= 0.3 is 0 Å². The first-order valence-corrected chi connectivity index (χ1v) is 6.74. The van der Waals surface area contributed by atoms with Crippen LogP contribution in [0, 0.1) is 5.82 Å². The van der Waals surface area contributed by atoms with Crippen LogP contribution in [0.1, 0.15) is 17.2 Å². The quantitative estimate of drug-likeness (QED) is 0.901. The van der Waals surface area contributed by atoms with E-state index in [2.05, 4.69) is 15.9 Å². The summed E-state index contributed by atoms with van der Waals surface area (Å²) in [6.07, 6.45) is 0. The first-order valence-electron chi connectivity index (χ1n) is 5.57. The Kier molecular flexibility index (Phi) is 4.45. The van der Waals surface area contributed by atoms with Gasteiger partial charge in [0, 0.05) is 16.1 Å². The third-order valence-electron chi connectivity index (χ3n) is 2.85. The lowest BCUT2D eigenvalue weighted by atomic mass is 9.99. The minimum Gasteiger partial charge on any atom is -0.497 e. The van der Waals surface area contributed by atoms with E-state index < -0.39 is 11.9 Å². The SMILES string of the molecule is COc1ccc(C(N)c2ccc(Br)c(Cl)c2)c(F)c1. The molecule has 0 saturated heterocycles. The highest BCUT2D eigenvalue weighted by Crippen LogP contribution is 2.29. The van der Waals surface area contributed by atoms with Crippen molar-refractivity contribution in [1.82, 2.24) is 0 Å². The van der Waals surface area contributed by atoms with Crippen molar-refractivity contribution in [3.63, 3.8) is 0 Å². The fraction of sp³-hybridized carbons (Fsp3) is 0.143. The van der Waals surface area contributed by atoms with E-state index in [9.17, 15) is 4.39 Å². The van der Waals surface area contributed by atoms with Gasteiger partial charge in [0.1, 0.15) is 11.6 Å². The van der Waals surface area contributed by atoms with Crippen LogP contribution in [0.2, 0.25) is 5.02 Å². The van der Waals surface area contributed by atoms with Crippen LogP contribution in [0.5, 0.6) is 5.75 Å². The Balaban J connectivity index is 2.38. The smallest absolute Gasteiger partial charge is 0.132 e. The van der Waals surface area contributed by atoms with E-state index >= 15 is 0 Å². The summed E-state index contributed by atoms with van der Waals surface area (Å²) >= 11 is 9.32. The number of benzene rings is 2. The van der Waals surface area contributed by atoms with Crippen LogP contribution >= 0.6 is 27.5 Å². The lowest BCUT2D eigenvalue weighted by Gasteiger charge is -2.15. The van der Waals surface area contributed by atoms with Gasteiger partial charge in [-0.3, -0.25) is 0 Å². The average molecular weight is 345 g/mol. The van der Waals surface area contributed by atoms with E-state index in [1.54, 1.807) is 24.3 Å². The molecule has 0 fully saturated rings. The maximum Gasteiger partial charge on any atom is 0.132 e. The second-order valence-corrected chi connectivity index (χ2v) is 5.30. The summed E-state index contributed by atoms with van der Waals surface area (Å²) in [5.41, 5.74) is 7.22. The Morgan fingerprint density at radius 2 is 2.00 bits per heavy atom. The summed E-state index contributed by atoms with van der Waals surface area (Å²) < 4.78 is 19.7. The minimum atomic E-state index is -0.573. The molecule has 0 spiro atoms. The molecular formula is C14H12BrClFNO. The number of nitrogens with two attached hydrogens (primary N) is 1. The van der Waals surface area contributed by atoms with E-state index in [0.29, 0.717) is 16.3 Å². The topological polar surface area (TPSA) is 35.2 Å². The van der Waals surface area contributed by atoms with E-state index in [1.165, 1.54) is 13.2 Å². The van der Waals surface area contributed by atoms with E-state index in [-0.39, 0.29) is 0 Å². The second kappa shape index (κ2) is 5.90. The lowest BCUT2D eigenvalue weighted by Crippen LogP contribution is -2.13. The Bertz CT molecular complexity index is 606. The van der Waals surface area contributed by atoms with Gasteiger partial charge in [-0.25, -0.2) is 4.39 Å². The third kappa shape index (κ3) is 3.08. The normalized spacial score (nSPS) is 12.3. The van der Waals surface area contributed by atoms with Crippen molar-refractivity contribution < 1.29 is 9.13 Å². The standard InChI is InChI=1S/C14H12BrClFNO/c1-19-9-3-4-10(13(17)7-9)14(18)8-2-5-11(15)12(16)6-8/h2-7,14H,18H2,1H3. The van der Waals surface area contributed by atoms with Crippen molar-refractivity contribution in [3.05, 3.63) is 62.8 Å². The number of ether oxygens (including phenoxy) is 1. The summed E-state index contributed by atoms with van der Waals surface area (Å²) in [6, 6.07) is 9.36. The summed E-state index contributed by atoms with van der Waals surface area (Å²) in [5, 5.41) is 0.543. The molecule has 100 valence electrons. The maximum absolute atomic E-state index is 14.0. The van der Waals surface area contributed by atoms with Crippen LogP contribution in [0.15, 0.2) is 40.9 Å². The van der Waals surface area contributed by atoms with Crippen molar-refractivity contribution in [1.29, 1.82) is 0 Å². The Morgan fingerprint density at radius 3 is 2.58 bits per heavy atom. The third-order valence-corrected chi connectivity index (χ3v) is 4.08. The summed E-state index contributed by atoms with van der Waals surface area (Å²) in [4.78, 5) is 0. The predicted molar refractivity (Wildman–Crippen MR) is 78.1 cm³/mol. The zero-order chi connectivity index (χ0) is 14.0. The van der Waals surface area contributed by atoms with E-state index in [4.69, 9.17) is 22.1 Å². The molecule has 0 aliphatic carbocycles. The van der Waals surface area contributed by atoms with Crippen molar-refractivity contribution in [2.75, 3.05) is 7.11 Å². The Labute approximate surface area is 124 Å². The minimum absolute atomic E-state index is 0.397. The van der Waals surface area contributed by atoms with Gasteiger partial charge in [0.2, 0.25) is 0 Å². The molecule has 1 unspecified atom stereocenters. The van der Waals surface area contributed by atoms with Crippen LogP contribution in [-0.4, -0.2) is 7.11 Å². The molecule has 0 bridgehead atoms. The Morgan fingerprint density at radius 1 is 1.26 bits per heavy atom. The molecule has 0 saturated carbocycles. The maximum atomic E-state index is 14.0. The van der Waals surface area contributed by atoms with Crippen molar-refractivity contribution in [3.8, 4) is 5.75 Å². The highest BCUT2D eigenvalue weighted by Gasteiger charge is 2.15. The van der Waals surface area contributed by atoms with Gasteiger partial charge in [0.25, 0.3) is 0 Å². The molecule has 2 aromatic carbocycles. The molecule has 2 nitrogen and oxygen atoms in total. The average Bonchev–Trinajstić information content (AvgIpc) is 2.41. The Hall–Kier alpha value is -1.10. The molecule has 5 heteroatoms. The largest absolute Gasteiger partial charge is 0.497 e. The first kappa shape index (κ1) is 14.3. The molecule has 1 atom stereocenters. The number of hydrogen-bond donors (Lipinski definition) is 1.